The van der Waals surface area contributed by atoms with Gasteiger partial charge in [0.15, 0.2) is 0 Å². The Bertz CT molecular complexity index is 604. The second-order valence-corrected chi connectivity index (χ2v) is 7.10. The second-order valence-electron chi connectivity index (χ2n) is 7.10. The van der Waals surface area contributed by atoms with Gasteiger partial charge in [-0.1, -0.05) is 44.2 Å². The van der Waals surface area contributed by atoms with Gasteiger partial charge >= 0.3 is 0 Å². The van der Waals surface area contributed by atoms with E-state index in [0.29, 0.717) is 0 Å². The summed E-state index contributed by atoms with van der Waals surface area (Å²) in [6.07, 6.45) is 2.20. The van der Waals surface area contributed by atoms with Gasteiger partial charge in [0.25, 0.3) is 0 Å². The van der Waals surface area contributed by atoms with Crippen molar-refractivity contribution in [2.45, 2.75) is 40.5 Å². The average molecular weight is 311 g/mol. The number of aryl methyl sites for hydroxylation is 2. The molecule has 0 spiro atoms. The van der Waals surface area contributed by atoms with Crippen LogP contribution in [0.25, 0.3) is 0 Å². The van der Waals surface area contributed by atoms with Crippen LogP contribution >= 0.6 is 0 Å². The highest BCUT2D eigenvalue weighted by Crippen LogP contribution is 2.24. The lowest BCUT2D eigenvalue weighted by Gasteiger charge is -2.25. The van der Waals surface area contributed by atoms with Gasteiger partial charge in [-0.25, -0.2) is 0 Å². The van der Waals surface area contributed by atoms with E-state index in [0.717, 1.165) is 31.7 Å². The standard InChI is InChI=1S/C21H29NO/c1-17-11-12-18(2)20(15-17)23-14-8-13-21(3,4)16-22-19-9-6-5-7-10-19/h5-7,9-12,15,22H,8,13-14,16H2,1-4H3. The van der Waals surface area contributed by atoms with Crippen molar-refractivity contribution in [1.29, 1.82) is 0 Å². The molecular formula is C21H29NO. The first-order valence-corrected chi connectivity index (χ1v) is 8.45. The summed E-state index contributed by atoms with van der Waals surface area (Å²) >= 11 is 0. The fourth-order valence-electron chi connectivity index (χ4n) is 2.58. The molecule has 0 amide bonds. The second kappa shape index (κ2) is 8.05. The third-order valence-corrected chi connectivity index (χ3v) is 4.14. The molecule has 124 valence electrons. The Morgan fingerprint density at radius 3 is 2.48 bits per heavy atom. The number of rotatable bonds is 8. The number of hydrogen-bond donors (Lipinski definition) is 1. The van der Waals surface area contributed by atoms with Crippen LogP contribution in [0.3, 0.4) is 0 Å². The summed E-state index contributed by atoms with van der Waals surface area (Å²) in [7, 11) is 0. The minimum Gasteiger partial charge on any atom is -0.493 e. The summed E-state index contributed by atoms with van der Waals surface area (Å²) in [6.45, 7) is 10.6. The summed E-state index contributed by atoms with van der Waals surface area (Å²) in [5.74, 6) is 1.02. The Labute approximate surface area is 140 Å². The summed E-state index contributed by atoms with van der Waals surface area (Å²) in [5.41, 5.74) is 3.90. The molecule has 2 heteroatoms. The molecular weight excluding hydrogens is 282 g/mol. The minimum absolute atomic E-state index is 0.251. The fraction of sp³-hybridized carbons (Fsp3) is 0.429. The molecule has 2 rings (SSSR count). The van der Waals surface area contributed by atoms with Crippen molar-refractivity contribution in [1.82, 2.24) is 0 Å². The highest BCUT2D eigenvalue weighted by molar-refractivity contribution is 5.42. The number of ether oxygens (including phenoxy) is 1. The highest BCUT2D eigenvalue weighted by Gasteiger charge is 2.17. The number of para-hydroxylation sites is 1. The molecule has 0 aliphatic carbocycles. The predicted molar refractivity (Wildman–Crippen MR) is 99.4 cm³/mol. The molecule has 0 heterocycles. The first kappa shape index (κ1) is 17.4. The van der Waals surface area contributed by atoms with Crippen LogP contribution in [-0.2, 0) is 0 Å². The van der Waals surface area contributed by atoms with Crippen molar-refractivity contribution in [3.8, 4) is 5.75 Å². The molecule has 0 atom stereocenters. The summed E-state index contributed by atoms with van der Waals surface area (Å²) in [4.78, 5) is 0. The van der Waals surface area contributed by atoms with E-state index < -0.39 is 0 Å². The zero-order valence-electron chi connectivity index (χ0n) is 14.9. The molecule has 2 nitrogen and oxygen atoms in total. The Hall–Kier alpha value is -1.96. The molecule has 0 bridgehead atoms. The molecule has 0 aliphatic rings. The zero-order valence-corrected chi connectivity index (χ0v) is 14.9. The zero-order chi connectivity index (χ0) is 16.7. The van der Waals surface area contributed by atoms with Gasteiger partial charge in [-0.05, 0) is 61.4 Å². The molecule has 0 aromatic heterocycles. The number of hydrogen-bond acceptors (Lipinski definition) is 2. The lowest BCUT2D eigenvalue weighted by Crippen LogP contribution is -2.23. The first-order valence-electron chi connectivity index (χ1n) is 8.45. The molecule has 0 saturated heterocycles. The van der Waals surface area contributed by atoms with Gasteiger partial charge < -0.3 is 10.1 Å². The van der Waals surface area contributed by atoms with Gasteiger partial charge in [0.05, 0.1) is 6.61 Å². The third-order valence-electron chi connectivity index (χ3n) is 4.14. The van der Waals surface area contributed by atoms with Crippen molar-refractivity contribution < 1.29 is 4.74 Å². The van der Waals surface area contributed by atoms with Crippen LogP contribution in [0.4, 0.5) is 5.69 Å². The van der Waals surface area contributed by atoms with Gasteiger partial charge in [0, 0.05) is 12.2 Å². The van der Waals surface area contributed by atoms with Gasteiger partial charge in [-0.15, -0.1) is 0 Å². The third kappa shape index (κ3) is 5.97. The number of nitrogens with one attached hydrogen (secondary N) is 1. The van der Waals surface area contributed by atoms with E-state index in [4.69, 9.17) is 4.74 Å². The van der Waals surface area contributed by atoms with Gasteiger partial charge in [0.2, 0.25) is 0 Å². The summed E-state index contributed by atoms with van der Waals surface area (Å²) in [6, 6.07) is 16.8. The lowest BCUT2D eigenvalue weighted by atomic mass is 9.88. The summed E-state index contributed by atoms with van der Waals surface area (Å²) in [5, 5.41) is 3.52. The van der Waals surface area contributed by atoms with Gasteiger partial charge in [0.1, 0.15) is 5.75 Å². The smallest absolute Gasteiger partial charge is 0.122 e. The first-order chi connectivity index (χ1) is 11.0. The van der Waals surface area contributed by atoms with Crippen molar-refractivity contribution in [2.24, 2.45) is 5.41 Å². The van der Waals surface area contributed by atoms with E-state index in [1.807, 2.05) is 6.07 Å². The van der Waals surface area contributed by atoms with Crippen molar-refractivity contribution in [3.05, 3.63) is 59.7 Å². The quantitative estimate of drug-likeness (QED) is 0.641. The molecule has 1 N–H and O–H groups in total. The Balaban J connectivity index is 1.73. The Morgan fingerprint density at radius 1 is 1.00 bits per heavy atom. The minimum atomic E-state index is 0.251. The molecule has 0 fully saturated rings. The van der Waals surface area contributed by atoms with Crippen molar-refractivity contribution in [3.63, 3.8) is 0 Å². The predicted octanol–water partition coefficient (Wildman–Crippen LogP) is 5.60. The van der Waals surface area contributed by atoms with E-state index in [1.165, 1.54) is 16.8 Å². The maximum absolute atomic E-state index is 5.96. The fourth-order valence-corrected chi connectivity index (χ4v) is 2.58. The monoisotopic (exact) mass is 311 g/mol. The van der Waals surface area contributed by atoms with Gasteiger partial charge in [-0.2, -0.15) is 0 Å². The molecule has 23 heavy (non-hydrogen) atoms. The van der Waals surface area contributed by atoms with E-state index in [2.05, 4.69) is 75.5 Å². The SMILES string of the molecule is Cc1ccc(C)c(OCCCC(C)(C)CNc2ccccc2)c1. The maximum atomic E-state index is 5.96. The van der Waals surface area contributed by atoms with E-state index in [9.17, 15) is 0 Å². The molecule has 0 radical (unpaired) electrons. The molecule has 2 aromatic rings. The molecule has 0 saturated carbocycles. The topological polar surface area (TPSA) is 21.3 Å². The van der Waals surface area contributed by atoms with Crippen LogP contribution < -0.4 is 10.1 Å². The summed E-state index contributed by atoms with van der Waals surface area (Å²) < 4.78 is 5.96. The van der Waals surface area contributed by atoms with Crippen LogP contribution in [0.5, 0.6) is 5.75 Å². The Kier molecular flexibility index (Phi) is 6.09. The van der Waals surface area contributed by atoms with E-state index in [-0.39, 0.29) is 5.41 Å². The molecule has 2 aromatic carbocycles. The average Bonchev–Trinajstić information content (AvgIpc) is 2.54. The van der Waals surface area contributed by atoms with Crippen LogP contribution in [0.2, 0.25) is 0 Å². The normalized spacial score (nSPS) is 11.3. The van der Waals surface area contributed by atoms with Crippen LogP contribution in [0.1, 0.15) is 37.8 Å². The van der Waals surface area contributed by atoms with Crippen molar-refractivity contribution >= 4 is 5.69 Å². The number of benzene rings is 2. The Morgan fingerprint density at radius 2 is 1.74 bits per heavy atom. The molecule has 0 aliphatic heterocycles. The lowest BCUT2D eigenvalue weighted by molar-refractivity contribution is 0.263. The van der Waals surface area contributed by atoms with E-state index >= 15 is 0 Å². The van der Waals surface area contributed by atoms with Crippen LogP contribution in [0.15, 0.2) is 48.5 Å². The van der Waals surface area contributed by atoms with Crippen molar-refractivity contribution in [2.75, 3.05) is 18.5 Å². The van der Waals surface area contributed by atoms with Gasteiger partial charge in [-0.3, -0.25) is 0 Å². The van der Waals surface area contributed by atoms with Crippen LogP contribution in [0, 0.1) is 19.3 Å². The number of anilines is 1. The van der Waals surface area contributed by atoms with E-state index in [1.54, 1.807) is 0 Å². The van der Waals surface area contributed by atoms with Crippen LogP contribution in [-0.4, -0.2) is 13.2 Å². The highest BCUT2D eigenvalue weighted by atomic mass is 16.5. The molecule has 0 unspecified atom stereocenters. The largest absolute Gasteiger partial charge is 0.493 e. The maximum Gasteiger partial charge on any atom is 0.122 e.